The fourth-order valence-electron chi connectivity index (χ4n) is 5.37. The molecule has 3 aromatic rings. The summed E-state index contributed by atoms with van der Waals surface area (Å²) in [6, 6.07) is 24.7. The monoisotopic (exact) mass is 455 g/mol. The average Bonchev–Trinajstić information content (AvgIpc) is 3.22. The van der Waals surface area contributed by atoms with Crippen LogP contribution >= 0.6 is 0 Å². The molecule has 1 unspecified atom stereocenters. The van der Waals surface area contributed by atoms with Gasteiger partial charge in [0.25, 0.3) is 0 Å². The number of oxime groups is 1. The molecule has 3 atom stereocenters. The summed E-state index contributed by atoms with van der Waals surface area (Å²) in [6.07, 6.45) is 0.444. The molecule has 1 aliphatic heterocycles. The third-order valence-corrected chi connectivity index (χ3v) is 7.00. The van der Waals surface area contributed by atoms with Crippen LogP contribution in [0.5, 0.6) is 11.5 Å². The van der Waals surface area contributed by atoms with Gasteiger partial charge in [0.15, 0.2) is 0 Å². The second-order valence-electron chi connectivity index (χ2n) is 8.65. The van der Waals surface area contributed by atoms with E-state index in [-0.39, 0.29) is 18.6 Å². The van der Waals surface area contributed by atoms with Gasteiger partial charge < -0.3 is 14.3 Å². The lowest BCUT2D eigenvalue weighted by atomic mass is 9.53. The number of ketones is 1. The zero-order chi connectivity index (χ0) is 23.7. The Bertz CT molecular complexity index is 1170. The lowest BCUT2D eigenvalue weighted by Crippen LogP contribution is -2.50. The number of methoxy groups -OCH3 is 2. The third-order valence-electron chi connectivity index (χ3n) is 7.00. The summed E-state index contributed by atoms with van der Waals surface area (Å²) in [5.41, 5.74) is 1.95. The van der Waals surface area contributed by atoms with E-state index in [0.717, 1.165) is 16.7 Å². The predicted octanol–water partition coefficient (Wildman–Crippen LogP) is 4.88. The number of rotatable bonds is 5. The molecular weight excluding hydrogens is 430 g/mol. The Morgan fingerprint density at radius 2 is 1.26 bits per heavy atom. The van der Waals surface area contributed by atoms with Crippen LogP contribution in [0.2, 0.25) is 0 Å². The minimum absolute atomic E-state index is 0.0966. The highest BCUT2D eigenvalue weighted by Crippen LogP contribution is 2.58. The first kappa shape index (κ1) is 21.9. The van der Waals surface area contributed by atoms with Crippen LogP contribution in [0.3, 0.4) is 0 Å². The Balaban J connectivity index is 1.73. The van der Waals surface area contributed by atoms with E-state index in [9.17, 15) is 9.59 Å². The molecule has 6 nitrogen and oxygen atoms in total. The zero-order valence-electron chi connectivity index (χ0n) is 19.1. The molecule has 6 heteroatoms. The van der Waals surface area contributed by atoms with Crippen molar-refractivity contribution in [2.45, 2.75) is 24.7 Å². The van der Waals surface area contributed by atoms with Crippen molar-refractivity contribution in [3.8, 4) is 11.5 Å². The maximum absolute atomic E-state index is 13.8. The van der Waals surface area contributed by atoms with Crippen LogP contribution < -0.4 is 9.47 Å². The molecule has 0 saturated heterocycles. The van der Waals surface area contributed by atoms with Crippen molar-refractivity contribution in [1.82, 2.24) is 0 Å². The Morgan fingerprint density at radius 1 is 0.765 bits per heavy atom. The van der Waals surface area contributed by atoms with Gasteiger partial charge >= 0.3 is 5.97 Å². The molecule has 34 heavy (non-hydrogen) atoms. The Labute approximate surface area is 198 Å². The van der Waals surface area contributed by atoms with Crippen LogP contribution in [0.25, 0.3) is 0 Å². The van der Waals surface area contributed by atoms with Crippen LogP contribution in [-0.4, -0.2) is 31.7 Å². The highest BCUT2D eigenvalue weighted by molar-refractivity contribution is 6.20. The summed E-state index contributed by atoms with van der Waals surface area (Å²) in [5, 5.41) is 4.31. The molecule has 0 aromatic heterocycles. The lowest BCUT2D eigenvalue weighted by molar-refractivity contribution is -0.152. The first-order valence-electron chi connectivity index (χ1n) is 11.2. The quantitative estimate of drug-likeness (QED) is 0.513. The van der Waals surface area contributed by atoms with Gasteiger partial charge in [-0.25, -0.2) is 4.79 Å². The Kier molecular flexibility index (Phi) is 5.65. The van der Waals surface area contributed by atoms with Gasteiger partial charge in [-0.05, 0) is 35.4 Å². The fourth-order valence-corrected chi connectivity index (χ4v) is 5.37. The molecule has 3 aromatic carbocycles. The Hall–Kier alpha value is -3.93. The number of hydrogen-bond acceptors (Lipinski definition) is 6. The maximum Gasteiger partial charge on any atom is 0.348 e. The predicted molar refractivity (Wildman–Crippen MR) is 127 cm³/mol. The molecule has 2 aliphatic rings. The molecule has 1 aliphatic carbocycles. The van der Waals surface area contributed by atoms with Crippen LogP contribution in [0.4, 0.5) is 0 Å². The van der Waals surface area contributed by atoms with Crippen molar-refractivity contribution in [3.63, 3.8) is 0 Å². The normalized spacial score (nSPS) is 24.0. The van der Waals surface area contributed by atoms with Crippen molar-refractivity contribution in [2.75, 3.05) is 14.2 Å². The highest BCUT2D eigenvalue weighted by Gasteiger charge is 2.63. The second kappa shape index (κ2) is 8.78. The zero-order valence-corrected chi connectivity index (χ0v) is 19.1. The van der Waals surface area contributed by atoms with Crippen LogP contribution in [0, 0.1) is 5.41 Å². The van der Waals surface area contributed by atoms with E-state index in [0.29, 0.717) is 17.2 Å². The largest absolute Gasteiger partial charge is 0.497 e. The SMILES string of the molecule is COc1ccc([C@H]2CC(=O)C[C@@H](c3ccc(OC)cc3)C23C(=O)ON=C3c2ccccc2)cc1. The minimum atomic E-state index is -1.15. The molecule has 1 spiro atoms. The molecule has 1 saturated carbocycles. The molecule has 5 rings (SSSR count). The van der Waals surface area contributed by atoms with Gasteiger partial charge in [-0.15, -0.1) is 0 Å². The number of benzene rings is 3. The number of carbonyl (C=O) groups excluding carboxylic acids is 2. The molecule has 0 amide bonds. The summed E-state index contributed by atoms with van der Waals surface area (Å²) in [7, 11) is 3.21. The maximum atomic E-state index is 13.8. The minimum Gasteiger partial charge on any atom is -0.497 e. The van der Waals surface area contributed by atoms with E-state index in [2.05, 4.69) is 5.16 Å². The van der Waals surface area contributed by atoms with Crippen molar-refractivity contribution in [1.29, 1.82) is 0 Å². The molecule has 0 bridgehead atoms. The highest BCUT2D eigenvalue weighted by atomic mass is 16.7. The van der Waals surface area contributed by atoms with E-state index in [1.54, 1.807) is 14.2 Å². The van der Waals surface area contributed by atoms with Gasteiger partial charge in [0.05, 0.1) is 14.2 Å². The average molecular weight is 456 g/mol. The van der Waals surface area contributed by atoms with Gasteiger partial charge in [-0.2, -0.15) is 0 Å². The van der Waals surface area contributed by atoms with E-state index in [1.807, 2.05) is 78.9 Å². The third kappa shape index (κ3) is 3.46. The summed E-state index contributed by atoms with van der Waals surface area (Å²) < 4.78 is 10.6. The topological polar surface area (TPSA) is 74.2 Å². The number of hydrogen-bond donors (Lipinski definition) is 0. The van der Waals surface area contributed by atoms with Crippen LogP contribution in [-0.2, 0) is 14.4 Å². The van der Waals surface area contributed by atoms with Crippen molar-refractivity contribution < 1.29 is 23.9 Å². The number of Topliss-reactive ketones (excluding diaryl/α,β-unsaturated/α-hetero) is 1. The van der Waals surface area contributed by atoms with E-state index < -0.39 is 23.2 Å². The lowest BCUT2D eigenvalue weighted by Gasteiger charge is -2.44. The van der Waals surface area contributed by atoms with E-state index >= 15 is 0 Å². The molecule has 1 heterocycles. The number of carbonyl (C=O) groups is 2. The van der Waals surface area contributed by atoms with Crippen molar-refractivity contribution in [3.05, 3.63) is 95.6 Å². The fraction of sp³-hybridized carbons (Fsp3) is 0.250. The first-order chi connectivity index (χ1) is 16.6. The summed E-state index contributed by atoms with van der Waals surface area (Å²) >= 11 is 0. The molecule has 172 valence electrons. The van der Waals surface area contributed by atoms with Crippen LogP contribution in [0.15, 0.2) is 84.0 Å². The number of ether oxygens (including phenoxy) is 2. The van der Waals surface area contributed by atoms with Gasteiger partial charge in [-0.1, -0.05) is 59.8 Å². The second-order valence-corrected chi connectivity index (χ2v) is 8.65. The van der Waals surface area contributed by atoms with Crippen molar-refractivity contribution in [2.24, 2.45) is 10.6 Å². The van der Waals surface area contributed by atoms with Crippen LogP contribution in [0.1, 0.15) is 41.4 Å². The first-order valence-corrected chi connectivity index (χ1v) is 11.2. The van der Waals surface area contributed by atoms with Gasteiger partial charge in [-0.3, -0.25) is 4.79 Å². The molecule has 1 fully saturated rings. The van der Waals surface area contributed by atoms with Gasteiger partial charge in [0, 0.05) is 30.2 Å². The van der Waals surface area contributed by atoms with Gasteiger partial charge in [0.1, 0.15) is 28.4 Å². The Morgan fingerprint density at radius 3 is 1.74 bits per heavy atom. The number of nitrogens with zero attached hydrogens (tertiary/aromatic N) is 1. The van der Waals surface area contributed by atoms with E-state index in [4.69, 9.17) is 14.3 Å². The summed E-state index contributed by atoms with van der Waals surface area (Å²) in [5.74, 6) is 0.191. The molecular formula is C28H25NO5. The molecule has 0 radical (unpaired) electrons. The summed E-state index contributed by atoms with van der Waals surface area (Å²) in [6.45, 7) is 0. The summed E-state index contributed by atoms with van der Waals surface area (Å²) in [4.78, 5) is 32.3. The standard InChI is InChI=1S/C28H25NO5/c1-32-22-12-8-18(9-13-22)24-16-21(30)17-25(19-10-14-23(33-2)15-11-19)28(24)26(29-34-27(28)31)20-6-4-3-5-7-20/h3-15,24-25H,16-17H2,1-2H3/t24-,25+,28?. The smallest absolute Gasteiger partial charge is 0.348 e. The molecule has 0 N–H and O–H groups in total. The van der Waals surface area contributed by atoms with Gasteiger partial charge in [0.2, 0.25) is 0 Å². The van der Waals surface area contributed by atoms with Crippen molar-refractivity contribution >= 4 is 17.5 Å². The van der Waals surface area contributed by atoms with E-state index in [1.165, 1.54) is 0 Å².